The predicted molar refractivity (Wildman–Crippen MR) is 102 cm³/mol. The number of H-pyrrole nitrogens is 1. The lowest BCUT2D eigenvalue weighted by atomic mass is 10.1. The molecule has 0 fully saturated rings. The summed E-state index contributed by atoms with van der Waals surface area (Å²) in [5, 5.41) is 9.46. The molecular weight excluding hydrogens is 348 g/mol. The molecule has 1 N–H and O–H groups in total. The summed E-state index contributed by atoms with van der Waals surface area (Å²) in [5.74, 6) is 0.889. The Morgan fingerprint density at radius 1 is 1.12 bits per heavy atom. The number of hydrogen-bond acceptors (Lipinski definition) is 3. The molecule has 1 heterocycles. The zero-order valence-electron chi connectivity index (χ0n) is 14.3. The number of halogens is 1. The molecule has 0 amide bonds. The molecule has 0 aliphatic heterocycles. The molecule has 26 heavy (non-hydrogen) atoms. The third kappa shape index (κ3) is 4.33. The van der Waals surface area contributed by atoms with Crippen LogP contribution in [-0.4, -0.2) is 4.98 Å². The minimum Gasteiger partial charge on any atom is -0.457 e. The van der Waals surface area contributed by atoms with E-state index in [9.17, 15) is 4.79 Å². The normalized spacial score (nSPS) is 10.3. The number of hydrogen-bond donors (Lipinski definition) is 1. The van der Waals surface area contributed by atoms with Gasteiger partial charge in [0.2, 0.25) is 0 Å². The molecule has 0 aliphatic rings. The summed E-state index contributed by atoms with van der Waals surface area (Å²) in [6.45, 7) is 1.70. The zero-order chi connectivity index (χ0) is 18.5. The number of pyridine rings is 1. The van der Waals surface area contributed by atoms with Crippen LogP contribution in [0.4, 0.5) is 0 Å². The maximum Gasteiger partial charge on any atom is 0.254 e. The second kappa shape index (κ2) is 7.90. The van der Waals surface area contributed by atoms with Gasteiger partial charge in [0.25, 0.3) is 5.56 Å². The lowest BCUT2D eigenvalue weighted by molar-refractivity contribution is 0.476. The van der Waals surface area contributed by atoms with Crippen molar-refractivity contribution in [2.24, 2.45) is 0 Å². The third-order valence-corrected chi connectivity index (χ3v) is 4.26. The van der Waals surface area contributed by atoms with Gasteiger partial charge in [-0.3, -0.25) is 4.79 Å². The number of nitrogens with zero attached hydrogens (tertiary/aromatic N) is 1. The Kier molecular flexibility index (Phi) is 5.40. The van der Waals surface area contributed by atoms with Gasteiger partial charge in [-0.25, -0.2) is 0 Å². The lowest BCUT2D eigenvalue weighted by Gasteiger charge is -2.11. The Labute approximate surface area is 156 Å². The first-order valence-electron chi connectivity index (χ1n) is 8.20. The topological polar surface area (TPSA) is 65.9 Å². The van der Waals surface area contributed by atoms with E-state index >= 15 is 0 Å². The van der Waals surface area contributed by atoms with Gasteiger partial charge in [0.05, 0.1) is 17.2 Å². The van der Waals surface area contributed by atoms with Gasteiger partial charge >= 0.3 is 0 Å². The van der Waals surface area contributed by atoms with Crippen LogP contribution < -0.4 is 10.3 Å². The maximum atomic E-state index is 12.2. The van der Waals surface area contributed by atoms with Crippen molar-refractivity contribution in [1.29, 1.82) is 5.26 Å². The van der Waals surface area contributed by atoms with Gasteiger partial charge in [-0.15, -0.1) is 0 Å². The number of aromatic nitrogens is 1. The third-order valence-electron chi connectivity index (χ3n) is 4.04. The van der Waals surface area contributed by atoms with Gasteiger partial charge in [0.1, 0.15) is 11.5 Å². The van der Waals surface area contributed by atoms with E-state index < -0.39 is 0 Å². The van der Waals surface area contributed by atoms with Gasteiger partial charge in [-0.05, 0) is 43.5 Å². The molecule has 2 aromatic carbocycles. The summed E-state index contributed by atoms with van der Waals surface area (Å²) < 4.78 is 5.85. The number of aryl methyl sites for hydroxylation is 2. The van der Waals surface area contributed by atoms with E-state index in [1.54, 1.807) is 25.1 Å². The Balaban J connectivity index is 1.85. The predicted octanol–water partition coefficient (Wildman–Crippen LogP) is 4.79. The lowest BCUT2D eigenvalue weighted by Crippen LogP contribution is -2.13. The summed E-state index contributed by atoms with van der Waals surface area (Å²) >= 11 is 6.02. The van der Waals surface area contributed by atoms with Crippen molar-refractivity contribution in [2.45, 2.75) is 19.8 Å². The Morgan fingerprint density at radius 3 is 2.62 bits per heavy atom. The van der Waals surface area contributed by atoms with Crippen LogP contribution >= 0.6 is 11.6 Å². The Bertz CT molecular complexity index is 1020. The average Bonchev–Trinajstić information content (AvgIpc) is 2.64. The molecule has 0 atom stereocenters. The van der Waals surface area contributed by atoms with Gasteiger partial charge in [0, 0.05) is 16.8 Å². The Morgan fingerprint density at radius 2 is 1.88 bits per heavy atom. The van der Waals surface area contributed by atoms with Crippen molar-refractivity contribution < 1.29 is 4.74 Å². The molecule has 1 aromatic heterocycles. The van der Waals surface area contributed by atoms with Crippen LogP contribution in [0, 0.1) is 18.3 Å². The van der Waals surface area contributed by atoms with Crippen LogP contribution in [0.5, 0.6) is 11.5 Å². The van der Waals surface area contributed by atoms with Crippen LogP contribution in [0.2, 0.25) is 5.02 Å². The quantitative estimate of drug-likeness (QED) is 0.708. The number of rotatable bonds is 5. The minimum absolute atomic E-state index is 0.187. The molecule has 3 rings (SSSR count). The zero-order valence-corrected chi connectivity index (χ0v) is 15.0. The highest BCUT2D eigenvalue weighted by Crippen LogP contribution is 2.27. The van der Waals surface area contributed by atoms with Crippen molar-refractivity contribution in [2.75, 3.05) is 0 Å². The number of benzene rings is 2. The van der Waals surface area contributed by atoms with Crippen molar-refractivity contribution >= 4 is 11.6 Å². The molecule has 130 valence electrons. The smallest absolute Gasteiger partial charge is 0.254 e. The van der Waals surface area contributed by atoms with Crippen molar-refractivity contribution in [3.63, 3.8) is 0 Å². The van der Waals surface area contributed by atoms with Crippen molar-refractivity contribution in [1.82, 2.24) is 4.98 Å². The van der Waals surface area contributed by atoms with E-state index in [2.05, 4.69) is 17.1 Å². The molecule has 3 aromatic rings. The molecule has 0 aliphatic carbocycles. The van der Waals surface area contributed by atoms with E-state index in [1.165, 1.54) is 5.56 Å². The standard InChI is InChI=1S/C21H17ClN2O2/c1-14-20(26-19-10-16(13-23)9-17(22)11-19)12-18(24-21(14)25)8-7-15-5-3-2-4-6-15/h2-6,9-12H,7-8H2,1H3,(H,24,25). The fourth-order valence-corrected chi connectivity index (χ4v) is 2.86. The van der Waals surface area contributed by atoms with Crippen molar-refractivity contribution in [3.8, 4) is 17.6 Å². The molecule has 0 spiro atoms. The first-order chi connectivity index (χ1) is 12.5. The van der Waals surface area contributed by atoms with Crippen LogP contribution in [0.25, 0.3) is 0 Å². The maximum absolute atomic E-state index is 12.2. The molecule has 0 bridgehead atoms. The van der Waals surface area contributed by atoms with Gasteiger partial charge < -0.3 is 9.72 Å². The summed E-state index contributed by atoms with van der Waals surface area (Å²) in [4.78, 5) is 15.1. The summed E-state index contributed by atoms with van der Waals surface area (Å²) in [5.41, 5.74) is 2.69. The molecular formula is C21H17ClN2O2. The molecule has 0 saturated carbocycles. The SMILES string of the molecule is Cc1c(Oc2cc(Cl)cc(C#N)c2)cc(CCc2ccccc2)[nH]c1=O. The fraction of sp³-hybridized carbons (Fsp3) is 0.143. The average molecular weight is 365 g/mol. The van der Waals surface area contributed by atoms with E-state index in [-0.39, 0.29) is 5.56 Å². The van der Waals surface area contributed by atoms with E-state index in [1.807, 2.05) is 30.3 Å². The van der Waals surface area contributed by atoms with Crippen molar-refractivity contribution in [3.05, 3.63) is 92.4 Å². The minimum atomic E-state index is -0.187. The number of ether oxygens (including phenoxy) is 1. The number of nitriles is 1. The van der Waals surface area contributed by atoms with Crippen LogP contribution in [-0.2, 0) is 12.8 Å². The molecule has 5 heteroatoms. The molecule has 0 radical (unpaired) electrons. The van der Waals surface area contributed by atoms with Gasteiger partial charge in [-0.2, -0.15) is 5.26 Å². The van der Waals surface area contributed by atoms with E-state index in [4.69, 9.17) is 21.6 Å². The van der Waals surface area contributed by atoms with E-state index in [0.717, 1.165) is 12.1 Å². The largest absolute Gasteiger partial charge is 0.457 e. The summed E-state index contributed by atoms with van der Waals surface area (Å²) in [7, 11) is 0. The van der Waals surface area contributed by atoms with E-state index in [0.29, 0.717) is 34.1 Å². The first-order valence-corrected chi connectivity index (χ1v) is 8.58. The first kappa shape index (κ1) is 17.8. The summed E-state index contributed by atoms with van der Waals surface area (Å²) in [6.07, 6.45) is 1.50. The van der Waals surface area contributed by atoms with Gasteiger partial charge in [0.15, 0.2) is 0 Å². The Hall–Kier alpha value is -3.03. The van der Waals surface area contributed by atoms with Gasteiger partial charge in [-0.1, -0.05) is 41.9 Å². The fourth-order valence-electron chi connectivity index (χ4n) is 2.63. The summed E-state index contributed by atoms with van der Waals surface area (Å²) in [6, 6.07) is 18.7. The number of nitrogens with one attached hydrogen (secondary N) is 1. The second-order valence-corrected chi connectivity index (χ2v) is 6.42. The van der Waals surface area contributed by atoms with Crippen LogP contribution in [0.1, 0.15) is 22.4 Å². The monoisotopic (exact) mass is 364 g/mol. The highest BCUT2D eigenvalue weighted by molar-refractivity contribution is 6.30. The second-order valence-electron chi connectivity index (χ2n) is 5.99. The highest BCUT2D eigenvalue weighted by atomic mass is 35.5. The molecule has 0 unspecified atom stereocenters. The molecule has 0 saturated heterocycles. The van der Waals surface area contributed by atoms with Crippen LogP contribution in [0.15, 0.2) is 59.4 Å². The van der Waals surface area contributed by atoms with Crippen LogP contribution in [0.3, 0.4) is 0 Å². The molecule has 4 nitrogen and oxygen atoms in total. The number of aromatic amines is 1. The highest BCUT2D eigenvalue weighted by Gasteiger charge is 2.10.